The van der Waals surface area contributed by atoms with E-state index in [1.54, 1.807) is 0 Å². The normalized spacial score (nSPS) is 23.9. The molecule has 28 heavy (non-hydrogen) atoms. The summed E-state index contributed by atoms with van der Waals surface area (Å²) in [6.07, 6.45) is 7.96. The van der Waals surface area contributed by atoms with Crippen molar-refractivity contribution in [3.05, 3.63) is 29.2 Å². The highest BCUT2D eigenvalue weighted by molar-refractivity contribution is 5.92. The highest BCUT2D eigenvalue weighted by Crippen LogP contribution is 2.35. The van der Waals surface area contributed by atoms with Crippen LogP contribution in [0.25, 0.3) is 0 Å². The van der Waals surface area contributed by atoms with E-state index in [0.717, 1.165) is 69.2 Å². The maximum atomic E-state index is 13.2. The molecule has 0 aromatic carbocycles. The average molecular weight is 384 g/mol. The largest absolute Gasteiger partial charge is 0.351 e. The minimum absolute atomic E-state index is 0.0274. The van der Waals surface area contributed by atoms with Gasteiger partial charge < -0.3 is 14.0 Å². The van der Waals surface area contributed by atoms with Crippen molar-refractivity contribution < 1.29 is 9.32 Å². The maximum Gasteiger partial charge on any atom is 0.293 e. The van der Waals surface area contributed by atoms with Crippen LogP contribution in [-0.4, -0.2) is 55.8 Å². The predicted molar refractivity (Wildman–Crippen MR) is 102 cm³/mol. The molecule has 0 unspecified atom stereocenters. The highest BCUT2D eigenvalue weighted by atomic mass is 16.5. The van der Waals surface area contributed by atoms with E-state index in [1.807, 2.05) is 11.0 Å². The number of rotatable bonds is 3. The van der Waals surface area contributed by atoms with Crippen molar-refractivity contribution in [3.63, 3.8) is 0 Å². The molecule has 3 aliphatic rings. The minimum atomic E-state index is -0.0673. The summed E-state index contributed by atoms with van der Waals surface area (Å²) < 4.78 is 7.69. The van der Waals surface area contributed by atoms with E-state index in [2.05, 4.69) is 31.9 Å². The van der Waals surface area contributed by atoms with E-state index in [0.29, 0.717) is 11.7 Å². The molecule has 1 saturated carbocycles. The van der Waals surface area contributed by atoms with Gasteiger partial charge in [0.25, 0.3) is 5.91 Å². The molecule has 0 N–H and O–H groups in total. The van der Waals surface area contributed by atoms with Crippen molar-refractivity contribution in [2.45, 2.75) is 70.0 Å². The van der Waals surface area contributed by atoms with Gasteiger partial charge in [-0.1, -0.05) is 24.4 Å². The predicted octanol–water partition coefficient (Wildman–Crippen LogP) is 2.74. The fourth-order valence-electron chi connectivity index (χ4n) is 4.95. The molecule has 2 aliphatic heterocycles. The van der Waals surface area contributed by atoms with Gasteiger partial charge in [-0.15, -0.1) is 10.2 Å². The van der Waals surface area contributed by atoms with E-state index >= 15 is 0 Å². The zero-order valence-corrected chi connectivity index (χ0v) is 16.5. The lowest BCUT2D eigenvalue weighted by Crippen LogP contribution is -2.35. The summed E-state index contributed by atoms with van der Waals surface area (Å²) in [5, 5.41) is 13.1. The van der Waals surface area contributed by atoms with Gasteiger partial charge in [0.05, 0.1) is 18.3 Å². The molecular formula is C20H28N6O2. The Morgan fingerprint density at radius 3 is 2.79 bits per heavy atom. The first-order valence-corrected chi connectivity index (χ1v) is 10.6. The van der Waals surface area contributed by atoms with Gasteiger partial charge in [0.2, 0.25) is 5.76 Å². The number of likely N-dealkylation sites (tertiary alicyclic amines) is 1. The summed E-state index contributed by atoms with van der Waals surface area (Å²) in [7, 11) is 2.09. The Kier molecular flexibility index (Phi) is 4.66. The Bertz CT molecular complexity index is 853. The van der Waals surface area contributed by atoms with Gasteiger partial charge in [-0.25, -0.2) is 0 Å². The third-order valence-electron chi connectivity index (χ3n) is 6.55. The lowest BCUT2D eigenvalue weighted by Gasteiger charge is -2.27. The number of aromatic nitrogens is 4. The van der Waals surface area contributed by atoms with Crippen molar-refractivity contribution in [3.8, 4) is 0 Å². The molecule has 5 rings (SSSR count). The van der Waals surface area contributed by atoms with Crippen molar-refractivity contribution in [2.24, 2.45) is 0 Å². The number of amides is 1. The van der Waals surface area contributed by atoms with E-state index < -0.39 is 0 Å². The van der Waals surface area contributed by atoms with Crippen LogP contribution in [0.1, 0.15) is 84.8 Å². The molecule has 150 valence electrons. The summed E-state index contributed by atoms with van der Waals surface area (Å²) in [5.74, 6) is 2.64. The van der Waals surface area contributed by atoms with Crippen molar-refractivity contribution in [1.82, 2.24) is 29.7 Å². The summed E-state index contributed by atoms with van der Waals surface area (Å²) in [6, 6.07) is 1.85. The number of fused-ring (bicyclic) bond motifs is 1. The number of hydrogen-bond acceptors (Lipinski definition) is 6. The lowest BCUT2D eigenvalue weighted by atomic mass is 9.87. The van der Waals surface area contributed by atoms with Crippen LogP contribution in [0.15, 0.2) is 10.6 Å². The van der Waals surface area contributed by atoms with Gasteiger partial charge in [0.15, 0.2) is 5.82 Å². The van der Waals surface area contributed by atoms with Gasteiger partial charge in [-0.2, -0.15) is 0 Å². The van der Waals surface area contributed by atoms with Gasteiger partial charge in [0, 0.05) is 31.6 Å². The number of carbonyl (C=O) groups excluding carboxylic acids is 1. The number of likely N-dealkylation sites (N-methyl/N-ethyl adjacent to an activating group) is 1. The van der Waals surface area contributed by atoms with Crippen LogP contribution in [0.4, 0.5) is 0 Å². The summed E-state index contributed by atoms with van der Waals surface area (Å²) in [4.78, 5) is 17.3. The summed E-state index contributed by atoms with van der Waals surface area (Å²) in [6.45, 7) is 3.39. The second kappa shape index (κ2) is 7.31. The van der Waals surface area contributed by atoms with Crippen LogP contribution >= 0.6 is 0 Å². The summed E-state index contributed by atoms with van der Waals surface area (Å²) >= 11 is 0. The smallest absolute Gasteiger partial charge is 0.293 e. The standard InChI is InChI=1S/C20H28N6O2/c1-24-10-11-26-18(13-24)21-22-19(26)16-8-5-9-25(16)20(27)17-12-15(23-28-17)14-6-3-2-4-7-14/h12,14,16H,2-11,13H2,1H3/t16-/m0/s1. The lowest BCUT2D eigenvalue weighted by molar-refractivity contribution is 0.0683. The quantitative estimate of drug-likeness (QED) is 0.809. The molecule has 2 fully saturated rings. The second-order valence-corrected chi connectivity index (χ2v) is 8.47. The zero-order valence-electron chi connectivity index (χ0n) is 16.5. The molecule has 8 nitrogen and oxygen atoms in total. The molecule has 2 aromatic heterocycles. The van der Waals surface area contributed by atoms with Crippen LogP contribution in [0.5, 0.6) is 0 Å². The Balaban J connectivity index is 1.36. The minimum Gasteiger partial charge on any atom is -0.351 e. The molecule has 4 heterocycles. The highest BCUT2D eigenvalue weighted by Gasteiger charge is 2.37. The van der Waals surface area contributed by atoms with Gasteiger partial charge in [-0.05, 0) is 32.7 Å². The molecule has 0 bridgehead atoms. The van der Waals surface area contributed by atoms with Crippen LogP contribution in [-0.2, 0) is 13.1 Å². The van der Waals surface area contributed by atoms with E-state index in [1.165, 1.54) is 19.3 Å². The molecule has 8 heteroatoms. The van der Waals surface area contributed by atoms with Crippen LogP contribution in [0.3, 0.4) is 0 Å². The van der Waals surface area contributed by atoms with Crippen LogP contribution in [0, 0.1) is 0 Å². The number of carbonyl (C=O) groups is 1. The Hall–Kier alpha value is -2.22. The van der Waals surface area contributed by atoms with Crippen molar-refractivity contribution >= 4 is 5.91 Å². The average Bonchev–Trinajstić information content (AvgIpc) is 3.46. The Morgan fingerprint density at radius 2 is 1.93 bits per heavy atom. The Morgan fingerprint density at radius 1 is 1.07 bits per heavy atom. The van der Waals surface area contributed by atoms with Crippen molar-refractivity contribution in [2.75, 3.05) is 20.1 Å². The van der Waals surface area contributed by atoms with Crippen LogP contribution in [0.2, 0.25) is 0 Å². The number of hydrogen-bond donors (Lipinski definition) is 0. The fraction of sp³-hybridized carbons (Fsp3) is 0.700. The third kappa shape index (κ3) is 3.13. The third-order valence-corrected chi connectivity index (χ3v) is 6.55. The van der Waals surface area contributed by atoms with Gasteiger partial charge >= 0.3 is 0 Å². The Labute approximate surface area is 164 Å². The molecule has 1 amide bonds. The SMILES string of the molecule is CN1CCn2c(nnc2[C@@H]2CCCN2C(=O)c2cc(C3CCCCC3)no2)C1. The van der Waals surface area contributed by atoms with E-state index in [9.17, 15) is 4.79 Å². The summed E-state index contributed by atoms with van der Waals surface area (Å²) in [5.41, 5.74) is 0.946. The topological polar surface area (TPSA) is 80.3 Å². The molecular weight excluding hydrogens is 356 g/mol. The molecule has 1 aliphatic carbocycles. The molecule has 0 spiro atoms. The van der Waals surface area contributed by atoms with E-state index in [4.69, 9.17) is 4.52 Å². The van der Waals surface area contributed by atoms with Gasteiger partial charge in [-0.3, -0.25) is 9.69 Å². The first kappa shape index (κ1) is 17.8. The second-order valence-electron chi connectivity index (χ2n) is 8.47. The first-order valence-electron chi connectivity index (χ1n) is 10.6. The molecule has 0 radical (unpaired) electrons. The van der Waals surface area contributed by atoms with Crippen LogP contribution < -0.4 is 0 Å². The first-order chi connectivity index (χ1) is 13.7. The monoisotopic (exact) mass is 384 g/mol. The zero-order chi connectivity index (χ0) is 19.1. The number of nitrogens with zero attached hydrogens (tertiary/aromatic N) is 6. The maximum absolute atomic E-state index is 13.2. The van der Waals surface area contributed by atoms with E-state index in [-0.39, 0.29) is 11.9 Å². The molecule has 2 aromatic rings. The fourth-order valence-corrected chi connectivity index (χ4v) is 4.95. The van der Waals surface area contributed by atoms with Crippen molar-refractivity contribution in [1.29, 1.82) is 0 Å². The molecule has 1 atom stereocenters. The molecule has 1 saturated heterocycles. The van der Waals surface area contributed by atoms with Gasteiger partial charge in [0.1, 0.15) is 5.82 Å².